The van der Waals surface area contributed by atoms with Crippen LogP contribution >= 0.6 is 0 Å². The van der Waals surface area contributed by atoms with Gasteiger partial charge in [-0.25, -0.2) is 4.79 Å². The third-order valence-corrected chi connectivity index (χ3v) is 8.72. The van der Waals surface area contributed by atoms with Crippen LogP contribution in [-0.2, 0) is 25.5 Å². The molecule has 5 atom stereocenters. The predicted octanol–water partition coefficient (Wildman–Crippen LogP) is 0.190. The van der Waals surface area contributed by atoms with Gasteiger partial charge in [0.15, 0.2) is 17.1 Å². The van der Waals surface area contributed by atoms with Crippen molar-refractivity contribution in [3.63, 3.8) is 0 Å². The van der Waals surface area contributed by atoms with Gasteiger partial charge in [0, 0.05) is 43.2 Å². The zero-order valence-corrected chi connectivity index (χ0v) is 28.5. The average molecular weight is 673 g/mol. The number of aliphatic hydroxyl groups is 3. The van der Waals surface area contributed by atoms with Crippen LogP contribution in [0, 0.1) is 11.8 Å². The van der Waals surface area contributed by atoms with Gasteiger partial charge in [-0.05, 0) is 67.0 Å². The van der Waals surface area contributed by atoms with Gasteiger partial charge in [0.1, 0.15) is 22.7 Å². The molecule has 0 saturated heterocycles. The summed E-state index contributed by atoms with van der Waals surface area (Å²) in [6.07, 6.45) is -1.13. The molecule has 0 saturated carbocycles. The lowest BCUT2D eigenvalue weighted by molar-refractivity contribution is -0.151. The number of carbonyl (C=O) groups excluding carboxylic acids is 5. The summed E-state index contributed by atoms with van der Waals surface area (Å²) in [7, 11) is 9.66. The molecule has 0 aliphatic heterocycles. The number of ketones is 2. The molecule has 0 unspecified atom stereocenters. The van der Waals surface area contributed by atoms with E-state index in [1.54, 1.807) is 58.8 Å². The molecule has 48 heavy (non-hydrogen) atoms. The summed E-state index contributed by atoms with van der Waals surface area (Å²) in [6, 6.07) is -1.29. The van der Waals surface area contributed by atoms with Crippen molar-refractivity contribution in [3.05, 3.63) is 39.9 Å². The van der Waals surface area contributed by atoms with Crippen LogP contribution in [0.3, 0.4) is 0 Å². The maximum atomic E-state index is 14.5. The van der Waals surface area contributed by atoms with Gasteiger partial charge in [0.05, 0.1) is 23.8 Å². The summed E-state index contributed by atoms with van der Waals surface area (Å²) in [5.74, 6) is -9.62. The van der Waals surface area contributed by atoms with Crippen LogP contribution in [0.2, 0.25) is 0 Å². The predicted molar refractivity (Wildman–Crippen MR) is 174 cm³/mol. The summed E-state index contributed by atoms with van der Waals surface area (Å²) >= 11 is 0. The molecule has 3 aliphatic rings. The number of nitrogens with one attached hydrogen (secondary N) is 2. The lowest BCUT2D eigenvalue weighted by Crippen LogP contribution is -2.71. The van der Waals surface area contributed by atoms with Crippen molar-refractivity contribution in [1.82, 2.24) is 15.1 Å². The third kappa shape index (κ3) is 5.95. The molecule has 3 aliphatic carbocycles. The number of nitrogens with zero attached hydrogens (tertiary/aromatic N) is 3. The summed E-state index contributed by atoms with van der Waals surface area (Å²) in [5.41, 5.74) is 0.201. The molecule has 0 heterocycles. The van der Waals surface area contributed by atoms with Crippen molar-refractivity contribution < 1.29 is 49.1 Å². The van der Waals surface area contributed by atoms with E-state index in [-0.39, 0.29) is 29.8 Å². The lowest BCUT2D eigenvalue weighted by Gasteiger charge is -2.54. The van der Waals surface area contributed by atoms with Crippen LogP contribution in [0.25, 0.3) is 0 Å². The van der Waals surface area contributed by atoms with Gasteiger partial charge in [-0.1, -0.05) is 0 Å². The zero-order valence-electron chi connectivity index (χ0n) is 28.5. The first-order valence-corrected chi connectivity index (χ1v) is 15.2. The number of phenolic OH excluding ortho intramolecular Hbond substituents is 1. The highest BCUT2D eigenvalue weighted by molar-refractivity contribution is 6.25. The fraction of sp³-hybridized carbons (Fsp3) is 0.531. The Bertz CT molecular complexity index is 1660. The van der Waals surface area contributed by atoms with E-state index in [0.717, 1.165) is 0 Å². The second-order valence-electron chi connectivity index (χ2n) is 14.1. The Morgan fingerprint density at radius 3 is 2.17 bits per heavy atom. The molecule has 0 spiro atoms. The lowest BCUT2D eigenvalue weighted by atomic mass is 9.56. The number of rotatable bonds is 7. The van der Waals surface area contributed by atoms with E-state index in [2.05, 4.69) is 10.6 Å². The Balaban J connectivity index is 2.05. The van der Waals surface area contributed by atoms with E-state index in [1.807, 2.05) is 0 Å². The number of hydrogen-bond donors (Lipinski definition) is 7. The van der Waals surface area contributed by atoms with Crippen LogP contribution in [0.4, 0.5) is 16.2 Å². The Kier molecular flexibility index (Phi) is 9.35. The Morgan fingerprint density at radius 2 is 1.67 bits per heavy atom. The van der Waals surface area contributed by atoms with Crippen LogP contribution in [0.5, 0.6) is 5.75 Å². The highest BCUT2D eigenvalue weighted by Gasteiger charge is 2.67. The topological polar surface area (TPSA) is 235 Å². The SMILES string of the molecule is CN(C)CC(=O)Nc1cc(N(C)C)c2c(c1O)C(=O)C1=C(O)[C@]3(O)C(=O)C(C(N)=O)=C(O)[C@@H](N(C)C)[C@@H]3[C@@H](NC(=O)OC(C)(C)C)[C@@H]1C2. The molecular weight excluding hydrogens is 628 g/mol. The van der Waals surface area contributed by atoms with E-state index >= 15 is 0 Å². The molecular formula is C32H44N6O10. The smallest absolute Gasteiger partial charge is 0.407 e. The molecule has 262 valence electrons. The molecule has 16 heteroatoms. The van der Waals surface area contributed by atoms with Crippen LogP contribution in [-0.4, -0.2) is 132 Å². The van der Waals surface area contributed by atoms with Crippen LogP contribution in [0.15, 0.2) is 28.7 Å². The minimum Gasteiger partial charge on any atom is -0.510 e. The fourth-order valence-corrected chi connectivity index (χ4v) is 6.95. The second kappa shape index (κ2) is 12.4. The standard InChI is InChI=1S/C32H44N6O10/c1-31(2,3)48-30(46)35-22-14-10-13-16(37(6)7)11-15(34-17(39)12-36(4)5)24(40)18(13)25(41)19(14)27(43)32(47)21(22)23(38(8)9)26(42)20(28(32)44)29(33)45/h11,14,21-23,40,42-43,47H,10,12H2,1-9H3,(H2,33,45)(H,34,39)(H,35,46)/t14-,21+,22+,23+,32+/m1/s1. The van der Waals surface area contributed by atoms with Crippen molar-refractivity contribution >= 4 is 40.8 Å². The molecule has 3 amide bonds. The van der Waals surface area contributed by atoms with Gasteiger partial charge >= 0.3 is 6.09 Å². The Hall–Kier alpha value is -4.67. The summed E-state index contributed by atoms with van der Waals surface area (Å²) < 4.78 is 5.49. The van der Waals surface area contributed by atoms with E-state index in [9.17, 15) is 44.4 Å². The first-order valence-electron chi connectivity index (χ1n) is 15.2. The number of anilines is 2. The van der Waals surface area contributed by atoms with Gasteiger partial charge in [-0.3, -0.25) is 24.1 Å². The second-order valence-corrected chi connectivity index (χ2v) is 14.1. The number of Topliss-reactive ketones (excluding diaryl/α,β-unsaturated/α-hetero) is 2. The molecule has 1 aromatic rings. The Morgan fingerprint density at radius 1 is 1.06 bits per heavy atom. The number of likely N-dealkylation sites (N-methyl/N-ethyl adjacent to an activating group) is 2. The summed E-state index contributed by atoms with van der Waals surface area (Å²) in [6.45, 7) is 4.80. The molecule has 0 aromatic heterocycles. The number of amides is 3. The van der Waals surface area contributed by atoms with Crippen molar-refractivity contribution in [3.8, 4) is 5.75 Å². The Labute approximate surface area is 277 Å². The van der Waals surface area contributed by atoms with Gasteiger partial charge < -0.3 is 51.3 Å². The number of aliphatic hydroxyl groups excluding tert-OH is 2. The average Bonchev–Trinajstić information content (AvgIpc) is 2.92. The molecule has 0 fully saturated rings. The molecule has 1 aromatic carbocycles. The number of benzene rings is 1. The number of hydrogen-bond acceptors (Lipinski definition) is 13. The highest BCUT2D eigenvalue weighted by atomic mass is 16.6. The monoisotopic (exact) mass is 672 g/mol. The summed E-state index contributed by atoms with van der Waals surface area (Å²) in [5, 5.41) is 52.0. The van der Waals surface area contributed by atoms with E-state index in [4.69, 9.17) is 10.5 Å². The minimum atomic E-state index is -3.05. The fourth-order valence-electron chi connectivity index (χ4n) is 6.95. The van der Waals surface area contributed by atoms with Gasteiger partial charge in [-0.2, -0.15) is 0 Å². The van der Waals surface area contributed by atoms with Crippen LogP contribution in [0.1, 0.15) is 36.7 Å². The summed E-state index contributed by atoms with van der Waals surface area (Å²) in [4.78, 5) is 71.5. The molecule has 0 radical (unpaired) electrons. The number of primary amides is 1. The van der Waals surface area contributed by atoms with E-state index in [0.29, 0.717) is 5.69 Å². The quantitative estimate of drug-likeness (QED) is 0.152. The van der Waals surface area contributed by atoms with Crippen molar-refractivity contribution in [1.29, 1.82) is 0 Å². The van der Waals surface area contributed by atoms with E-state index < -0.39 is 93.0 Å². The van der Waals surface area contributed by atoms with Gasteiger partial charge in [0.25, 0.3) is 5.91 Å². The minimum absolute atomic E-state index is 0.0417. The maximum absolute atomic E-state index is 14.5. The molecule has 8 N–H and O–H groups in total. The molecule has 4 rings (SSSR count). The largest absolute Gasteiger partial charge is 0.510 e. The number of ether oxygens (including phenoxy) is 1. The highest BCUT2D eigenvalue weighted by Crippen LogP contribution is 2.54. The number of alkyl carbamates (subject to hydrolysis) is 1. The van der Waals surface area contributed by atoms with Gasteiger partial charge in [0.2, 0.25) is 11.7 Å². The third-order valence-electron chi connectivity index (χ3n) is 8.72. The molecule has 0 bridgehead atoms. The van der Waals surface area contributed by atoms with Gasteiger partial charge in [-0.15, -0.1) is 0 Å². The van der Waals surface area contributed by atoms with Crippen molar-refractivity contribution in [2.75, 3.05) is 59.0 Å². The first kappa shape index (κ1) is 36.2. The normalized spacial score (nSPS) is 25.4. The zero-order chi connectivity index (χ0) is 36.4. The van der Waals surface area contributed by atoms with E-state index in [1.165, 1.54) is 25.1 Å². The molecule has 16 nitrogen and oxygen atoms in total. The number of nitrogens with two attached hydrogens (primary N) is 1. The van der Waals surface area contributed by atoms with Crippen molar-refractivity contribution in [2.45, 2.75) is 50.5 Å². The number of aromatic hydroxyl groups is 1. The maximum Gasteiger partial charge on any atom is 0.407 e. The number of phenols is 1. The van der Waals surface area contributed by atoms with Crippen LogP contribution < -0.4 is 21.3 Å². The number of fused-ring (bicyclic) bond motifs is 3. The van der Waals surface area contributed by atoms with Crippen molar-refractivity contribution in [2.24, 2.45) is 17.6 Å². The number of carbonyl (C=O) groups is 5. The first-order chi connectivity index (χ1) is 22.0.